The number of aryl methyl sites for hydroxylation is 1. The molecule has 4 heteroatoms. The zero-order valence-electron chi connectivity index (χ0n) is 13.0. The molecule has 1 rings (SSSR count). The first-order valence-electron chi connectivity index (χ1n) is 6.53. The summed E-state index contributed by atoms with van der Waals surface area (Å²) in [6, 6.07) is 2.01. The summed E-state index contributed by atoms with van der Waals surface area (Å²) in [7, 11) is 1.66. The van der Waals surface area contributed by atoms with E-state index >= 15 is 0 Å². The van der Waals surface area contributed by atoms with Crippen molar-refractivity contribution in [3.8, 4) is 11.5 Å². The van der Waals surface area contributed by atoms with Crippen molar-refractivity contribution in [2.75, 3.05) is 7.11 Å². The second-order valence-electron chi connectivity index (χ2n) is 5.58. The molecule has 0 bridgehead atoms. The molecule has 0 spiro atoms. The van der Waals surface area contributed by atoms with E-state index in [1.54, 1.807) is 13.2 Å². The van der Waals surface area contributed by atoms with Gasteiger partial charge in [-0.05, 0) is 68.8 Å². The summed E-state index contributed by atoms with van der Waals surface area (Å²) in [5, 5.41) is 0. The van der Waals surface area contributed by atoms with E-state index in [0.29, 0.717) is 0 Å². The van der Waals surface area contributed by atoms with Crippen molar-refractivity contribution in [1.82, 2.24) is 0 Å². The van der Waals surface area contributed by atoms with Crippen molar-refractivity contribution in [2.45, 2.75) is 46.5 Å². The topological polar surface area (TPSA) is 27.7 Å². The molecule has 0 aliphatic heterocycles. The average Bonchev–Trinajstić information content (AvgIpc) is 2.30. The number of rotatable bonds is 5. The normalized spacial score (nSPS) is 12.9. The number of ether oxygens (including phenoxy) is 3. The van der Waals surface area contributed by atoms with Gasteiger partial charge in [-0.15, -0.1) is 0 Å². The highest BCUT2D eigenvalue weighted by Gasteiger charge is 2.20. The van der Waals surface area contributed by atoms with Gasteiger partial charge in [-0.1, -0.05) is 12.7 Å². The van der Waals surface area contributed by atoms with Crippen LogP contribution >= 0.6 is 22.6 Å². The second-order valence-corrected chi connectivity index (χ2v) is 6.66. The molecule has 1 unspecified atom stereocenters. The van der Waals surface area contributed by atoms with Crippen LogP contribution in [0.25, 0.3) is 6.08 Å². The SMILES string of the molecule is C=Cc1cc(C)c(OC)c(I)c1OC(C)OC(C)(C)C. The van der Waals surface area contributed by atoms with Crippen LogP contribution in [0.15, 0.2) is 12.6 Å². The molecule has 20 heavy (non-hydrogen) atoms. The molecule has 0 amide bonds. The van der Waals surface area contributed by atoms with Gasteiger partial charge in [0.15, 0.2) is 6.29 Å². The number of methoxy groups -OCH3 is 1. The minimum Gasteiger partial charge on any atom is -0.495 e. The Hall–Kier alpha value is -0.750. The third kappa shape index (κ3) is 4.38. The van der Waals surface area contributed by atoms with Gasteiger partial charge < -0.3 is 14.2 Å². The van der Waals surface area contributed by atoms with Crippen molar-refractivity contribution >= 4 is 28.7 Å². The van der Waals surface area contributed by atoms with Gasteiger partial charge >= 0.3 is 0 Å². The predicted octanol–water partition coefficient (Wildman–Crippen LogP) is 4.79. The summed E-state index contributed by atoms with van der Waals surface area (Å²) in [6.07, 6.45) is 1.43. The zero-order valence-corrected chi connectivity index (χ0v) is 15.2. The van der Waals surface area contributed by atoms with Gasteiger partial charge in [0, 0.05) is 5.56 Å². The van der Waals surface area contributed by atoms with Crippen molar-refractivity contribution in [3.05, 3.63) is 27.3 Å². The first-order valence-corrected chi connectivity index (χ1v) is 7.61. The Kier molecular flexibility index (Phi) is 5.89. The summed E-state index contributed by atoms with van der Waals surface area (Å²) in [5.74, 6) is 1.58. The largest absolute Gasteiger partial charge is 0.495 e. The van der Waals surface area contributed by atoms with E-state index in [1.807, 2.05) is 40.7 Å². The Balaban J connectivity index is 3.13. The number of hydrogen-bond donors (Lipinski definition) is 0. The Labute approximate surface area is 135 Å². The molecule has 0 fully saturated rings. The maximum atomic E-state index is 5.96. The molecular formula is C16H23IO3. The van der Waals surface area contributed by atoms with Crippen LogP contribution in [0, 0.1) is 10.5 Å². The fourth-order valence-electron chi connectivity index (χ4n) is 1.98. The van der Waals surface area contributed by atoms with E-state index < -0.39 is 0 Å². The molecule has 1 aromatic rings. The lowest BCUT2D eigenvalue weighted by molar-refractivity contribution is -0.140. The lowest BCUT2D eigenvalue weighted by Crippen LogP contribution is -2.29. The molecule has 1 atom stereocenters. The Morgan fingerprint density at radius 1 is 1.30 bits per heavy atom. The van der Waals surface area contributed by atoms with E-state index in [9.17, 15) is 0 Å². The first-order chi connectivity index (χ1) is 9.19. The third-order valence-corrected chi connectivity index (χ3v) is 3.60. The molecule has 0 radical (unpaired) electrons. The smallest absolute Gasteiger partial charge is 0.197 e. The van der Waals surface area contributed by atoms with Crippen molar-refractivity contribution in [3.63, 3.8) is 0 Å². The minimum atomic E-state index is -0.352. The number of hydrogen-bond acceptors (Lipinski definition) is 3. The van der Waals surface area contributed by atoms with Gasteiger partial charge in [-0.3, -0.25) is 0 Å². The molecule has 112 valence electrons. The molecule has 0 saturated carbocycles. The molecule has 0 saturated heterocycles. The first kappa shape index (κ1) is 17.3. The summed E-state index contributed by atoms with van der Waals surface area (Å²) < 4.78 is 18.1. The molecule has 0 aliphatic carbocycles. The van der Waals surface area contributed by atoms with E-state index in [0.717, 1.165) is 26.2 Å². The van der Waals surface area contributed by atoms with Gasteiger partial charge in [0.05, 0.1) is 16.3 Å². The monoisotopic (exact) mass is 390 g/mol. The van der Waals surface area contributed by atoms with E-state index in [-0.39, 0.29) is 11.9 Å². The van der Waals surface area contributed by atoms with Crippen molar-refractivity contribution < 1.29 is 14.2 Å². The molecular weight excluding hydrogens is 367 g/mol. The van der Waals surface area contributed by atoms with E-state index in [1.165, 1.54) is 0 Å². The van der Waals surface area contributed by atoms with Gasteiger partial charge in [0.1, 0.15) is 11.5 Å². The molecule has 0 aliphatic rings. The van der Waals surface area contributed by atoms with Gasteiger partial charge in [0.25, 0.3) is 0 Å². The van der Waals surface area contributed by atoms with E-state index in [2.05, 4.69) is 29.2 Å². The summed E-state index contributed by atoms with van der Waals surface area (Å²) in [4.78, 5) is 0. The van der Waals surface area contributed by atoms with Crippen LogP contribution in [0.4, 0.5) is 0 Å². The Morgan fingerprint density at radius 2 is 1.90 bits per heavy atom. The maximum Gasteiger partial charge on any atom is 0.197 e. The lowest BCUT2D eigenvalue weighted by atomic mass is 10.1. The van der Waals surface area contributed by atoms with Crippen LogP contribution in [0.3, 0.4) is 0 Å². The Bertz CT molecular complexity index is 489. The highest BCUT2D eigenvalue weighted by atomic mass is 127. The average molecular weight is 390 g/mol. The van der Waals surface area contributed by atoms with Crippen LogP contribution in [-0.2, 0) is 4.74 Å². The van der Waals surface area contributed by atoms with Crippen LogP contribution in [0.2, 0.25) is 0 Å². The summed E-state index contributed by atoms with van der Waals surface area (Å²) >= 11 is 2.23. The zero-order chi connectivity index (χ0) is 15.5. The lowest BCUT2D eigenvalue weighted by Gasteiger charge is -2.27. The number of benzene rings is 1. The maximum absolute atomic E-state index is 5.96. The van der Waals surface area contributed by atoms with E-state index in [4.69, 9.17) is 14.2 Å². The highest BCUT2D eigenvalue weighted by Crippen LogP contribution is 2.38. The predicted molar refractivity (Wildman–Crippen MR) is 91.5 cm³/mol. The minimum absolute atomic E-state index is 0.256. The molecule has 3 nitrogen and oxygen atoms in total. The quantitative estimate of drug-likeness (QED) is 0.535. The molecule has 0 aromatic heterocycles. The second kappa shape index (κ2) is 6.80. The third-order valence-electron chi connectivity index (χ3n) is 2.62. The summed E-state index contributed by atoms with van der Waals surface area (Å²) in [5.41, 5.74) is 1.74. The molecule has 1 aromatic carbocycles. The van der Waals surface area contributed by atoms with Crippen molar-refractivity contribution in [2.24, 2.45) is 0 Å². The Morgan fingerprint density at radius 3 is 2.35 bits per heavy atom. The van der Waals surface area contributed by atoms with Crippen LogP contribution in [0.5, 0.6) is 11.5 Å². The van der Waals surface area contributed by atoms with Crippen molar-refractivity contribution in [1.29, 1.82) is 0 Å². The van der Waals surface area contributed by atoms with Crippen LogP contribution < -0.4 is 9.47 Å². The van der Waals surface area contributed by atoms with Crippen LogP contribution in [-0.4, -0.2) is 19.0 Å². The van der Waals surface area contributed by atoms with Gasteiger partial charge in [-0.2, -0.15) is 0 Å². The fourth-order valence-corrected chi connectivity index (χ4v) is 3.06. The summed E-state index contributed by atoms with van der Waals surface area (Å²) in [6.45, 7) is 13.7. The van der Waals surface area contributed by atoms with Gasteiger partial charge in [0.2, 0.25) is 0 Å². The number of halogens is 1. The standard InChI is InChI=1S/C16H23IO3/c1-8-12-9-10(2)14(18-7)13(17)15(12)19-11(3)20-16(4,5)6/h8-9,11H,1H2,2-7H3. The molecule has 0 heterocycles. The fraction of sp³-hybridized carbons (Fsp3) is 0.500. The highest BCUT2D eigenvalue weighted by molar-refractivity contribution is 14.1. The molecule has 0 N–H and O–H groups in total. The van der Waals surface area contributed by atoms with Gasteiger partial charge in [-0.25, -0.2) is 0 Å². The van der Waals surface area contributed by atoms with Crippen LogP contribution in [0.1, 0.15) is 38.8 Å².